The van der Waals surface area contributed by atoms with E-state index in [9.17, 15) is 9.59 Å². The number of likely N-dealkylation sites (tertiary alicyclic amines) is 1. The first-order valence-corrected chi connectivity index (χ1v) is 4.94. The van der Waals surface area contributed by atoms with Gasteiger partial charge in [-0.25, -0.2) is 0 Å². The quantitative estimate of drug-likeness (QED) is 0.468. The Hall–Kier alpha value is -1.36. The van der Waals surface area contributed by atoms with Crippen LogP contribution in [0.5, 0.6) is 0 Å². The van der Waals surface area contributed by atoms with Crippen LogP contribution in [0, 0.1) is 5.92 Å². The number of hydrogen-bond acceptors (Lipinski definition) is 3. The van der Waals surface area contributed by atoms with Crippen molar-refractivity contribution in [1.82, 2.24) is 10.2 Å². The van der Waals surface area contributed by atoms with Gasteiger partial charge in [-0.2, -0.15) is 0 Å². The van der Waals surface area contributed by atoms with E-state index in [0.717, 1.165) is 0 Å². The van der Waals surface area contributed by atoms with Crippen molar-refractivity contribution in [1.29, 1.82) is 0 Å². The maximum Gasteiger partial charge on any atom is 0.303 e. The number of rotatable bonds is 6. The van der Waals surface area contributed by atoms with Crippen molar-refractivity contribution in [2.75, 3.05) is 26.2 Å². The number of hydrogen-bond donors (Lipinski definition) is 2. The van der Waals surface area contributed by atoms with E-state index in [2.05, 4.69) is 11.9 Å². The van der Waals surface area contributed by atoms with Crippen molar-refractivity contribution in [3.05, 3.63) is 12.7 Å². The highest BCUT2D eigenvalue weighted by molar-refractivity contribution is 5.79. The number of carboxylic acids is 1. The van der Waals surface area contributed by atoms with E-state index in [1.165, 1.54) is 0 Å². The van der Waals surface area contributed by atoms with Gasteiger partial charge in [-0.3, -0.25) is 9.59 Å². The van der Waals surface area contributed by atoms with Gasteiger partial charge in [-0.1, -0.05) is 6.08 Å². The molecule has 0 radical (unpaired) electrons. The summed E-state index contributed by atoms with van der Waals surface area (Å²) in [6, 6.07) is 0. The second-order valence-corrected chi connectivity index (χ2v) is 3.68. The monoisotopic (exact) mass is 212 g/mol. The lowest BCUT2D eigenvalue weighted by molar-refractivity contribution is -0.144. The number of aliphatic carboxylic acids is 1. The SMILES string of the molecule is C=CCNCC(=O)N1CC(CC(=O)O)C1. The van der Waals surface area contributed by atoms with Gasteiger partial charge in [0.15, 0.2) is 0 Å². The Kier molecular flexibility index (Phi) is 4.30. The van der Waals surface area contributed by atoms with Crippen LogP contribution in [-0.4, -0.2) is 48.1 Å². The average Bonchev–Trinajstić information content (AvgIpc) is 2.10. The van der Waals surface area contributed by atoms with Crippen LogP contribution < -0.4 is 5.32 Å². The van der Waals surface area contributed by atoms with Crippen LogP contribution in [0.4, 0.5) is 0 Å². The summed E-state index contributed by atoms with van der Waals surface area (Å²) in [6.07, 6.45) is 1.85. The summed E-state index contributed by atoms with van der Waals surface area (Å²) in [6.45, 7) is 5.58. The lowest BCUT2D eigenvalue weighted by atomic mass is 9.96. The lowest BCUT2D eigenvalue weighted by Gasteiger charge is -2.38. The number of amides is 1. The zero-order valence-corrected chi connectivity index (χ0v) is 8.61. The van der Waals surface area contributed by atoms with Gasteiger partial charge in [0.25, 0.3) is 0 Å². The van der Waals surface area contributed by atoms with Crippen LogP contribution in [0.15, 0.2) is 12.7 Å². The highest BCUT2D eigenvalue weighted by Crippen LogP contribution is 2.18. The van der Waals surface area contributed by atoms with Crippen molar-refractivity contribution in [3.8, 4) is 0 Å². The van der Waals surface area contributed by atoms with Crippen LogP contribution in [0.2, 0.25) is 0 Å². The number of carbonyl (C=O) groups excluding carboxylic acids is 1. The summed E-state index contributed by atoms with van der Waals surface area (Å²) < 4.78 is 0. The molecule has 0 aromatic carbocycles. The molecule has 1 amide bonds. The molecule has 0 aromatic heterocycles. The molecule has 0 aromatic rings. The molecule has 1 saturated heterocycles. The van der Waals surface area contributed by atoms with Gasteiger partial charge < -0.3 is 15.3 Å². The molecular weight excluding hydrogens is 196 g/mol. The summed E-state index contributed by atoms with van der Waals surface area (Å²) in [7, 11) is 0. The Labute approximate surface area is 88.8 Å². The first kappa shape index (κ1) is 11.7. The molecule has 2 N–H and O–H groups in total. The summed E-state index contributed by atoms with van der Waals surface area (Å²) in [5, 5.41) is 11.4. The van der Waals surface area contributed by atoms with Gasteiger partial charge in [-0.05, 0) is 0 Å². The fourth-order valence-corrected chi connectivity index (χ4v) is 1.54. The Morgan fingerprint density at radius 3 is 2.73 bits per heavy atom. The first-order chi connectivity index (χ1) is 7.13. The molecule has 1 heterocycles. The molecule has 1 aliphatic rings. The molecule has 0 atom stereocenters. The first-order valence-electron chi connectivity index (χ1n) is 4.94. The molecular formula is C10H16N2O3. The van der Waals surface area contributed by atoms with Gasteiger partial charge in [0.1, 0.15) is 0 Å². The van der Waals surface area contributed by atoms with E-state index in [0.29, 0.717) is 26.2 Å². The molecule has 5 heteroatoms. The molecule has 0 bridgehead atoms. The maximum absolute atomic E-state index is 11.4. The molecule has 1 rings (SSSR count). The van der Waals surface area contributed by atoms with Gasteiger partial charge >= 0.3 is 5.97 Å². The Morgan fingerprint density at radius 1 is 1.53 bits per heavy atom. The van der Waals surface area contributed by atoms with Crippen LogP contribution in [0.25, 0.3) is 0 Å². The van der Waals surface area contributed by atoms with E-state index in [1.807, 2.05) is 0 Å². The minimum absolute atomic E-state index is 0.0264. The van der Waals surface area contributed by atoms with E-state index in [1.54, 1.807) is 11.0 Å². The smallest absolute Gasteiger partial charge is 0.303 e. The number of nitrogens with zero attached hydrogens (tertiary/aromatic N) is 1. The van der Waals surface area contributed by atoms with Crippen molar-refractivity contribution < 1.29 is 14.7 Å². The maximum atomic E-state index is 11.4. The zero-order chi connectivity index (χ0) is 11.3. The molecule has 0 unspecified atom stereocenters. The third kappa shape index (κ3) is 3.71. The van der Waals surface area contributed by atoms with Gasteiger partial charge in [-0.15, -0.1) is 6.58 Å². The fraction of sp³-hybridized carbons (Fsp3) is 0.600. The average molecular weight is 212 g/mol. The van der Waals surface area contributed by atoms with Crippen molar-refractivity contribution in [2.24, 2.45) is 5.92 Å². The van der Waals surface area contributed by atoms with Crippen LogP contribution >= 0.6 is 0 Å². The second kappa shape index (κ2) is 5.50. The summed E-state index contributed by atoms with van der Waals surface area (Å²) in [5.74, 6) is -0.638. The molecule has 0 aliphatic carbocycles. The van der Waals surface area contributed by atoms with Crippen molar-refractivity contribution in [2.45, 2.75) is 6.42 Å². The normalized spacial score (nSPS) is 15.9. The van der Waals surface area contributed by atoms with Crippen LogP contribution in [0.3, 0.4) is 0 Å². The minimum atomic E-state index is -0.795. The number of nitrogens with one attached hydrogen (secondary N) is 1. The van der Waals surface area contributed by atoms with E-state index >= 15 is 0 Å². The molecule has 15 heavy (non-hydrogen) atoms. The predicted octanol–water partition coefficient (Wildman–Crippen LogP) is -0.305. The Morgan fingerprint density at radius 2 is 2.20 bits per heavy atom. The largest absolute Gasteiger partial charge is 0.481 e. The van der Waals surface area contributed by atoms with Gasteiger partial charge in [0.05, 0.1) is 13.0 Å². The summed E-state index contributed by atoms with van der Waals surface area (Å²) in [4.78, 5) is 23.4. The molecule has 0 saturated carbocycles. The Bertz CT molecular complexity index is 259. The highest BCUT2D eigenvalue weighted by atomic mass is 16.4. The van der Waals surface area contributed by atoms with E-state index in [-0.39, 0.29) is 18.2 Å². The third-order valence-corrected chi connectivity index (χ3v) is 2.34. The number of carbonyl (C=O) groups is 2. The topological polar surface area (TPSA) is 69.6 Å². The second-order valence-electron chi connectivity index (χ2n) is 3.68. The standard InChI is InChI=1S/C10H16N2O3/c1-2-3-11-5-9(13)12-6-8(7-12)4-10(14)15/h2,8,11H,1,3-7H2,(H,14,15). The molecule has 84 valence electrons. The Balaban J connectivity index is 2.12. The van der Waals surface area contributed by atoms with E-state index < -0.39 is 5.97 Å². The van der Waals surface area contributed by atoms with Gasteiger partial charge in [0, 0.05) is 25.6 Å². The van der Waals surface area contributed by atoms with Crippen molar-refractivity contribution in [3.63, 3.8) is 0 Å². The summed E-state index contributed by atoms with van der Waals surface area (Å²) >= 11 is 0. The van der Waals surface area contributed by atoms with Crippen LogP contribution in [-0.2, 0) is 9.59 Å². The molecule has 1 aliphatic heterocycles. The highest BCUT2D eigenvalue weighted by Gasteiger charge is 2.31. The fourth-order valence-electron chi connectivity index (χ4n) is 1.54. The third-order valence-electron chi connectivity index (χ3n) is 2.34. The lowest BCUT2D eigenvalue weighted by Crippen LogP contribution is -2.53. The summed E-state index contributed by atoms with van der Waals surface area (Å²) in [5.41, 5.74) is 0. The molecule has 1 fully saturated rings. The van der Waals surface area contributed by atoms with Crippen LogP contribution in [0.1, 0.15) is 6.42 Å². The van der Waals surface area contributed by atoms with Gasteiger partial charge in [0.2, 0.25) is 5.91 Å². The number of carboxylic acid groups (broad SMARTS) is 1. The predicted molar refractivity (Wildman–Crippen MR) is 55.4 cm³/mol. The molecule has 5 nitrogen and oxygen atoms in total. The minimum Gasteiger partial charge on any atom is -0.481 e. The molecule has 0 spiro atoms. The zero-order valence-electron chi connectivity index (χ0n) is 8.61. The van der Waals surface area contributed by atoms with E-state index in [4.69, 9.17) is 5.11 Å². The van der Waals surface area contributed by atoms with Crippen molar-refractivity contribution >= 4 is 11.9 Å².